The summed E-state index contributed by atoms with van der Waals surface area (Å²) in [5, 5.41) is 53.1. The zero-order chi connectivity index (χ0) is 46.6. The Balaban J connectivity index is 1.24. The summed E-state index contributed by atoms with van der Waals surface area (Å²) in [4.78, 5) is 13.9. The first-order valence-corrected chi connectivity index (χ1v) is 19.7. The Bertz CT molecular complexity index is 3040. The second-order valence-electron chi connectivity index (χ2n) is 14.6. The van der Waals surface area contributed by atoms with Crippen molar-refractivity contribution >= 4 is 11.6 Å². The third-order valence-electron chi connectivity index (χ3n) is 10.2. The molecule has 2 unspecified atom stereocenters. The average molecular weight is 928 g/mol. The predicted molar refractivity (Wildman–Crippen MR) is 215 cm³/mol. The van der Waals surface area contributed by atoms with Crippen molar-refractivity contribution in [2.24, 2.45) is 0 Å². The number of tetrazole rings is 2. The molecule has 0 spiro atoms. The molecule has 0 aliphatic rings. The smallest absolute Gasteiger partial charge is 0.311 e. The molecular weight excluding hydrogens is 898 g/mol. The summed E-state index contributed by atoms with van der Waals surface area (Å²) in [5.74, 6) is -9.26. The molecule has 16 nitrogen and oxygen atoms in total. The van der Waals surface area contributed by atoms with Gasteiger partial charge in [-0.05, 0) is 106 Å². The Kier molecular flexibility index (Phi) is 12.4. The number of aryl methyl sites for hydroxylation is 1. The minimum Gasteiger partial charge on any atom is -0.453 e. The molecule has 2 atom stereocenters. The molecule has 0 radical (unpaired) electrons. The van der Waals surface area contributed by atoms with Gasteiger partial charge in [-0.2, -0.15) is 18.7 Å². The standard InChI is InChI=1S/C43H30ClF6N12O4/c44-28-4-14-39(53-20-28)66-32-9-12-37(52-21-32)41(63,16-15-27-3-5-29(45)17-34(27)47)22-61-25-55-58-62(61)40-36(65-31-7-1-26(19-51)2-8-31)11-13-38(56-40)42(64,23-60-24-54-57-59-60)43(49,50)33-10-6-30(46)18-35(33)48/h1-14,17-18,20-21,24-25,63-64H,15-16,22-23H2/q+1. The quantitative estimate of drug-likeness (QED) is 0.0778. The van der Waals surface area contributed by atoms with Crippen molar-refractivity contribution in [3.63, 3.8) is 0 Å². The fourth-order valence-corrected chi connectivity index (χ4v) is 6.91. The van der Waals surface area contributed by atoms with E-state index in [1.54, 1.807) is 6.07 Å². The number of aromatic nitrogens is 11. The van der Waals surface area contributed by atoms with Crippen LogP contribution in [0.5, 0.6) is 23.1 Å². The van der Waals surface area contributed by atoms with Crippen molar-refractivity contribution in [1.29, 1.82) is 5.26 Å². The molecule has 0 bridgehead atoms. The maximum atomic E-state index is 16.9. The number of benzene rings is 3. The number of alkyl halides is 2. The molecule has 2 N–H and O–H groups in total. The Morgan fingerprint density at radius 1 is 0.773 bits per heavy atom. The van der Waals surface area contributed by atoms with Crippen LogP contribution in [0.4, 0.5) is 26.3 Å². The molecule has 0 amide bonds. The van der Waals surface area contributed by atoms with Crippen molar-refractivity contribution in [2.45, 2.75) is 43.1 Å². The van der Waals surface area contributed by atoms with E-state index in [4.69, 9.17) is 21.1 Å². The molecule has 8 aromatic rings. The van der Waals surface area contributed by atoms with Gasteiger partial charge in [0.25, 0.3) is 6.33 Å². The van der Waals surface area contributed by atoms with Crippen LogP contribution >= 0.6 is 11.6 Å². The van der Waals surface area contributed by atoms with Crippen molar-refractivity contribution < 1.29 is 50.7 Å². The van der Waals surface area contributed by atoms with Gasteiger partial charge in [-0.25, -0.2) is 32.2 Å². The van der Waals surface area contributed by atoms with E-state index in [1.165, 1.54) is 65.6 Å². The molecular formula is C43H30ClF6N12O4+. The second-order valence-corrected chi connectivity index (χ2v) is 15.0. The first-order valence-electron chi connectivity index (χ1n) is 19.3. The molecule has 0 fully saturated rings. The summed E-state index contributed by atoms with van der Waals surface area (Å²) in [6.07, 6.45) is 4.26. The second kappa shape index (κ2) is 18.3. The maximum Gasteiger partial charge on any atom is 0.311 e. The van der Waals surface area contributed by atoms with E-state index in [1.807, 2.05) is 6.07 Å². The highest BCUT2D eigenvalue weighted by Gasteiger charge is 2.58. The first-order chi connectivity index (χ1) is 31.6. The van der Waals surface area contributed by atoms with Crippen LogP contribution in [-0.2, 0) is 36.6 Å². The minimum atomic E-state index is -4.59. The van der Waals surface area contributed by atoms with Gasteiger partial charge in [-0.1, -0.05) is 17.7 Å². The summed E-state index contributed by atoms with van der Waals surface area (Å²) in [7, 11) is 0. The first kappa shape index (κ1) is 44.7. The van der Waals surface area contributed by atoms with E-state index in [0.717, 1.165) is 40.3 Å². The van der Waals surface area contributed by atoms with Gasteiger partial charge in [0.05, 0.1) is 46.3 Å². The van der Waals surface area contributed by atoms with E-state index >= 15 is 13.2 Å². The summed E-state index contributed by atoms with van der Waals surface area (Å²) in [6.45, 7) is -1.66. The minimum absolute atomic E-state index is 0.00855. The van der Waals surface area contributed by atoms with Gasteiger partial charge >= 0.3 is 5.92 Å². The van der Waals surface area contributed by atoms with Gasteiger partial charge < -0.3 is 19.7 Å². The van der Waals surface area contributed by atoms with Gasteiger partial charge in [0.15, 0.2) is 16.6 Å². The van der Waals surface area contributed by atoms with Gasteiger partial charge in [0.2, 0.25) is 11.7 Å². The van der Waals surface area contributed by atoms with Crippen LogP contribution in [0.3, 0.4) is 0 Å². The predicted octanol–water partition coefficient (Wildman–Crippen LogP) is 6.59. The Morgan fingerprint density at radius 2 is 1.52 bits per heavy atom. The zero-order valence-electron chi connectivity index (χ0n) is 33.6. The number of ether oxygens (including phenoxy) is 2. The largest absolute Gasteiger partial charge is 0.453 e. The van der Waals surface area contributed by atoms with Crippen molar-refractivity contribution in [2.75, 3.05) is 0 Å². The highest BCUT2D eigenvalue weighted by molar-refractivity contribution is 6.30. The maximum absolute atomic E-state index is 16.9. The van der Waals surface area contributed by atoms with Gasteiger partial charge in [-0.15, -0.1) is 5.10 Å². The lowest BCUT2D eigenvalue weighted by Gasteiger charge is -2.35. The highest BCUT2D eigenvalue weighted by Crippen LogP contribution is 2.47. The van der Waals surface area contributed by atoms with E-state index in [2.05, 4.69) is 40.8 Å². The Hall–Kier alpha value is -7.87. The third kappa shape index (κ3) is 9.34. The fourth-order valence-electron chi connectivity index (χ4n) is 6.79. The molecule has 5 aromatic heterocycles. The van der Waals surface area contributed by atoms with Gasteiger partial charge in [0.1, 0.15) is 58.3 Å². The van der Waals surface area contributed by atoms with Crippen LogP contribution in [0.25, 0.3) is 5.82 Å². The number of halogens is 7. The average Bonchev–Trinajstić information content (AvgIpc) is 3.99. The lowest BCUT2D eigenvalue weighted by Crippen LogP contribution is -2.52. The van der Waals surface area contributed by atoms with E-state index < -0.39 is 70.6 Å². The lowest BCUT2D eigenvalue weighted by atomic mass is 9.85. The topological polar surface area (TPSA) is 200 Å². The van der Waals surface area contributed by atoms with E-state index in [-0.39, 0.29) is 58.9 Å². The monoisotopic (exact) mass is 927 g/mol. The number of rotatable bonds is 16. The Morgan fingerprint density at radius 3 is 2.18 bits per heavy atom. The molecule has 5 heterocycles. The van der Waals surface area contributed by atoms with Crippen LogP contribution in [0, 0.1) is 34.6 Å². The summed E-state index contributed by atoms with van der Waals surface area (Å²) >= 11 is 5.94. The van der Waals surface area contributed by atoms with Crippen molar-refractivity contribution in [3.8, 4) is 35.0 Å². The van der Waals surface area contributed by atoms with Crippen LogP contribution in [0.2, 0.25) is 5.02 Å². The number of nitriles is 1. The van der Waals surface area contributed by atoms with Gasteiger partial charge in [0, 0.05) is 24.4 Å². The lowest BCUT2D eigenvalue weighted by molar-refractivity contribution is -0.784. The molecule has 66 heavy (non-hydrogen) atoms. The molecule has 0 saturated carbocycles. The van der Waals surface area contributed by atoms with Crippen LogP contribution in [0.1, 0.15) is 34.5 Å². The molecule has 23 heteroatoms. The summed E-state index contributed by atoms with van der Waals surface area (Å²) < 4.78 is 106. The van der Waals surface area contributed by atoms with Crippen molar-refractivity contribution in [1.82, 2.24) is 50.3 Å². The highest BCUT2D eigenvalue weighted by atomic mass is 35.5. The van der Waals surface area contributed by atoms with E-state index in [9.17, 15) is 28.6 Å². The van der Waals surface area contributed by atoms with Crippen LogP contribution < -0.4 is 14.2 Å². The molecule has 3 aromatic carbocycles. The molecule has 0 aliphatic heterocycles. The zero-order valence-corrected chi connectivity index (χ0v) is 34.4. The normalized spacial score (nSPS) is 13.4. The number of nitrogens with zero attached hydrogens (tertiary/aromatic N) is 12. The SMILES string of the molecule is N#Cc1ccc(Oc2ccc(C(O)(Cn3cnnn3)C(F)(F)c3ccc(F)cc3F)nc2-n2nnc[n+]2CC(O)(CCc2ccc(F)cc2F)c2ccc(Oc3ccc(Cl)cn3)cn2)cc1. The Labute approximate surface area is 373 Å². The number of hydrogen-bond acceptors (Lipinski definition) is 13. The molecule has 334 valence electrons. The molecule has 0 saturated heterocycles. The van der Waals surface area contributed by atoms with Crippen LogP contribution in [-0.4, -0.2) is 60.5 Å². The summed E-state index contributed by atoms with van der Waals surface area (Å²) in [5.41, 5.74) is -7.46. The fraction of sp³-hybridized carbons (Fsp3) is 0.163. The third-order valence-corrected chi connectivity index (χ3v) is 10.4. The number of pyridine rings is 3. The van der Waals surface area contributed by atoms with Gasteiger partial charge in [-0.3, -0.25) is 4.98 Å². The number of aliphatic hydroxyl groups is 2. The van der Waals surface area contributed by atoms with Crippen LogP contribution in [0.15, 0.2) is 122 Å². The number of hydrogen-bond donors (Lipinski definition) is 2. The van der Waals surface area contributed by atoms with Crippen molar-refractivity contribution in [3.05, 3.63) is 178 Å². The molecule has 0 aliphatic carbocycles. The van der Waals surface area contributed by atoms with E-state index in [0.29, 0.717) is 23.2 Å². The summed E-state index contributed by atoms with van der Waals surface area (Å²) in [6, 6.07) is 20.1. The molecule has 8 rings (SSSR count).